The van der Waals surface area contributed by atoms with Crippen molar-refractivity contribution >= 4 is 17.6 Å². The molecule has 2 nitrogen and oxygen atoms in total. The number of rotatable bonds is 1. The molecule has 3 heteroatoms. The smallest absolute Gasteiger partial charge is 0.303 e. The number of fused-ring (bicyclic) bond motifs is 1. The monoisotopic (exact) mass is 230 g/mol. The van der Waals surface area contributed by atoms with E-state index in [-0.39, 0.29) is 11.3 Å². The van der Waals surface area contributed by atoms with Crippen LogP contribution < -0.4 is 0 Å². The maximum atomic E-state index is 11.1. The summed E-state index contributed by atoms with van der Waals surface area (Å²) in [7, 11) is 0. The van der Waals surface area contributed by atoms with Gasteiger partial charge in [0.05, 0.1) is 5.38 Å². The van der Waals surface area contributed by atoms with Crippen molar-refractivity contribution in [2.75, 3.05) is 0 Å². The van der Waals surface area contributed by atoms with E-state index in [1.165, 1.54) is 6.92 Å². The summed E-state index contributed by atoms with van der Waals surface area (Å²) < 4.78 is 5.42. The number of carbonyl (C=O) groups is 1. The van der Waals surface area contributed by atoms with Gasteiger partial charge in [-0.25, -0.2) is 0 Å². The van der Waals surface area contributed by atoms with E-state index >= 15 is 0 Å². The lowest BCUT2D eigenvalue weighted by molar-refractivity contribution is -0.181. The molecule has 0 heterocycles. The number of ether oxygens (including phenoxy) is 1. The van der Waals surface area contributed by atoms with Gasteiger partial charge in [-0.15, -0.1) is 11.6 Å². The molecule has 86 valence electrons. The Morgan fingerprint density at radius 2 is 1.93 bits per heavy atom. The highest BCUT2D eigenvalue weighted by molar-refractivity contribution is 6.22. The molecule has 1 unspecified atom stereocenters. The first-order valence-electron chi connectivity index (χ1n) is 5.60. The minimum atomic E-state index is -0.425. The third-order valence-electron chi connectivity index (χ3n) is 4.10. The maximum Gasteiger partial charge on any atom is 0.303 e. The van der Waals surface area contributed by atoms with E-state index in [2.05, 4.69) is 13.8 Å². The lowest BCUT2D eigenvalue weighted by atomic mass is 9.63. The molecule has 0 spiro atoms. The zero-order valence-electron chi connectivity index (χ0n) is 9.84. The fourth-order valence-corrected chi connectivity index (χ4v) is 3.97. The van der Waals surface area contributed by atoms with Crippen LogP contribution in [0.1, 0.15) is 40.5 Å². The van der Waals surface area contributed by atoms with Crippen LogP contribution >= 0.6 is 11.6 Å². The fourth-order valence-electron chi connectivity index (χ4n) is 3.50. The summed E-state index contributed by atoms with van der Waals surface area (Å²) in [6.45, 7) is 7.98. The van der Waals surface area contributed by atoms with Gasteiger partial charge in [-0.2, -0.15) is 0 Å². The Balaban J connectivity index is 2.15. The van der Waals surface area contributed by atoms with E-state index in [1.54, 1.807) is 0 Å². The van der Waals surface area contributed by atoms with E-state index in [0.29, 0.717) is 17.3 Å². The summed E-state index contributed by atoms with van der Waals surface area (Å²) in [4.78, 5) is 11.1. The molecule has 0 aliphatic heterocycles. The zero-order valence-corrected chi connectivity index (χ0v) is 10.6. The molecule has 15 heavy (non-hydrogen) atoms. The average molecular weight is 231 g/mol. The van der Waals surface area contributed by atoms with Gasteiger partial charge in [-0.05, 0) is 31.1 Å². The lowest BCUT2D eigenvalue weighted by Gasteiger charge is -2.53. The number of halogens is 1. The number of hydrogen-bond acceptors (Lipinski definition) is 2. The highest BCUT2D eigenvalue weighted by atomic mass is 35.5. The molecule has 2 saturated carbocycles. The molecule has 4 atom stereocenters. The topological polar surface area (TPSA) is 26.3 Å². The maximum absolute atomic E-state index is 11.1. The summed E-state index contributed by atoms with van der Waals surface area (Å²) in [6, 6.07) is 0. The van der Waals surface area contributed by atoms with Crippen LogP contribution in [0.5, 0.6) is 0 Å². The zero-order chi connectivity index (χ0) is 11.4. The third-order valence-corrected chi connectivity index (χ3v) is 4.86. The van der Waals surface area contributed by atoms with Crippen molar-refractivity contribution in [3.63, 3.8) is 0 Å². The number of hydrogen-bond donors (Lipinski definition) is 0. The first-order valence-corrected chi connectivity index (χ1v) is 6.03. The molecule has 2 rings (SSSR count). The van der Waals surface area contributed by atoms with Gasteiger partial charge in [0.1, 0.15) is 5.60 Å². The number of carbonyl (C=O) groups excluding carboxylic acids is 1. The molecular weight excluding hydrogens is 212 g/mol. The van der Waals surface area contributed by atoms with E-state index < -0.39 is 5.60 Å². The molecule has 0 radical (unpaired) electrons. The predicted molar refractivity (Wildman–Crippen MR) is 59.8 cm³/mol. The summed E-state index contributed by atoms with van der Waals surface area (Å²) in [5, 5.41) is -0.00632. The summed E-state index contributed by atoms with van der Waals surface area (Å²) in [5.41, 5.74) is -0.0772. The average Bonchev–Trinajstić information content (AvgIpc) is 2.38. The largest absolute Gasteiger partial charge is 0.458 e. The number of esters is 1. The lowest BCUT2D eigenvalue weighted by Crippen LogP contribution is -2.62. The van der Waals surface area contributed by atoms with Crippen LogP contribution in [0, 0.1) is 17.3 Å². The molecule has 2 aliphatic rings. The Kier molecular flexibility index (Phi) is 2.35. The van der Waals surface area contributed by atoms with E-state index in [0.717, 1.165) is 12.8 Å². The Bertz CT molecular complexity index is 300. The van der Waals surface area contributed by atoms with Gasteiger partial charge in [-0.3, -0.25) is 4.79 Å². The van der Waals surface area contributed by atoms with Gasteiger partial charge >= 0.3 is 5.97 Å². The molecule has 0 bridgehead atoms. The van der Waals surface area contributed by atoms with Crippen molar-refractivity contribution in [2.45, 2.75) is 51.5 Å². The first-order chi connectivity index (χ1) is 6.76. The first kappa shape index (κ1) is 11.3. The number of alkyl halides is 1. The van der Waals surface area contributed by atoms with E-state index in [1.807, 2.05) is 6.92 Å². The molecule has 0 aromatic heterocycles. The fraction of sp³-hybridized carbons (Fsp3) is 0.917. The van der Waals surface area contributed by atoms with Gasteiger partial charge < -0.3 is 4.74 Å². The normalized spacial score (nSPS) is 46.9. The second-order valence-corrected chi connectivity index (χ2v) is 6.49. The standard InChI is InChI=1S/C12H19ClO2/c1-7(14)15-12(4)9-6-11(2,3)5-8(9)10(12)13/h8-10H,5-6H2,1-4H3/t8-,9+,10?,12+/m1/s1. The Hall–Kier alpha value is -0.240. The summed E-state index contributed by atoms with van der Waals surface area (Å²) >= 11 is 6.35. The molecule has 0 N–H and O–H groups in total. The van der Waals surface area contributed by atoms with Crippen molar-refractivity contribution in [3.8, 4) is 0 Å². The van der Waals surface area contributed by atoms with Gasteiger partial charge in [0, 0.05) is 12.8 Å². The van der Waals surface area contributed by atoms with Crippen LogP contribution in [0.3, 0.4) is 0 Å². The van der Waals surface area contributed by atoms with Gasteiger partial charge in [-0.1, -0.05) is 13.8 Å². The summed E-state index contributed by atoms with van der Waals surface area (Å²) in [6.07, 6.45) is 2.27. The Morgan fingerprint density at radius 1 is 1.33 bits per heavy atom. The molecule has 0 amide bonds. The van der Waals surface area contributed by atoms with Gasteiger partial charge in [0.2, 0.25) is 0 Å². The third kappa shape index (κ3) is 1.57. The van der Waals surface area contributed by atoms with Crippen LogP contribution in [0.2, 0.25) is 0 Å². The molecule has 2 aliphatic carbocycles. The van der Waals surface area contributed by atoms with Crippen molar-refractivity contribution < 1.29 is 9.53 Å². The molecule has 0 aromatic carbocycles. The molecule has 0 saturated heterocycles. The van der Waals surface area contributed by atoms with Crippen molar-refractivity contribution in [1.82, 2.24) is 0 Å². The minimum absolute atomic E-state index is 0.00632. The van der Waals surface area contributed by atoms with Crippen LogP contribution in [0.25, 0.3) is 0 Å². The minimum Gasteiger partial charge on any atom is -0.458 e. The second-order valence-electron chi connectivity index (χ2n) is 6.02. The van der Waals surface area contributed by atoms with Crippen LogP contribution in [-0.2, 0) is 9.53 Å². The van der Waals surface area contributed by atoms with Crippen LogP contribution in [0.15, 0.2) is 0 Å². The SMILES string of the molecule is CC(=O)O[C@]1(C)C(Cl)[C@@H]2CC(C)(C)C[C@@H]21. The van der Waals surface area contributed by atoms with E-state index in [9.17, 15) is 4.79 Å². The second kappa shape index (κ2) is 3.13. The van der Waals surface area contributed by atoms with Crippen molar-refractivity contribution in [3.05, 3.63) is 0 Å². The van der Waals surface area contributed by atoms with Crippen molar-refractivity contribution in [2.24, 2.45) is 17.3 Å². The predicted octanol–water partition coefficient (Wildman–Crippen LogP) is 2.98. The molecular formula is C12H19ClO2. The van der Waals surface area contributed by atoms with Crippen molar-refractivity contribution in [1.29, 1.82) is 0 Å². The Labute approximate surface area is 96.3 Å². The quantitative estimate of drug-likeness (QED) is 0.511. The van der Waals surface area contributed by atoms with Crippen LogP contribution in [0.4, 0.5) is 0 Å². The molecule has 0 aromatic rings. The summed E-state index contributed by atoms with van der Waals surface area (Å²) in [5.74, 6) is 0.774. The van der Waals surface area contributed by atoms with Crippen LogP contribution in [-0.4, -0.2) is 16.9 Å². The van der Waals surface area contributed by atoms with E-state index in [4.69, 9.17) is 16.3 Å². The highest BCUT2D eigenvalue weighted by Gasteiger charge is 2.65. The Morgan fingerprint density at radius 3 is 2.47 bits per heavy atom. The molecule has 2 fully saturated rings. The van der Waals surface area contributed by atoms with Gasteiger partial charge in [0.15, 0.2) is 0 Å². The highest BCUT2D eigenvalue weighted by Crippen LogP contribution is 2.62. The van der Waals surface area contributed by atoms with Gasteiger partial charge in [0.25, 0.3) is 0 Å².